The highest BCUT2D eigenvalue weighted by atomic mass is 16.3. The SMILES string of the molecule is Cn1c(CNC2CCCC2)cc2cccc(O)c21. The molecule has 1 fully saturated rings. The van der Waals surface area contributed by atoms with Crippen LogP contribution in [0.25, 0.3) is 10.9 Å². The summed E-state index contributed by atoms with van der Waals surface area (Å²) in [5, 5.41) is 14.6. The molecule has 0 radical (unpaired) electrons. The summed E-state index contributed by atoms with van der Waals surface area (Å²) in [6.07, 6.45) is 5.31. The Morgan fingerprint density at radius 1 is 1.33 bits per heavy atom. The highest BCUT2D eigenvalue weighted by Crippen LogP contribution is 2.27. The minimum absolute atomic E-state index is 0.363. The van der Waals surface area contributed by atoms with Crippen molar-refractivity contribution in [2.24, 2.45) is 7.05 Å². The fourth-order valence-electron chi connectivity index (χ4n) is 3.00. The molecule has 0 saturated heterocycles. The summed E-state index contributed by atoms with van der Waals surface area (Å²) < 4.78 is 2.09. The number of aromatic nitrogens is 1. The summed E-state index contributed by atoms with van der Waals surface area (Å²) in [6.45, 7) is 0.884. The van der Waals surface area contributed by atoms with E-state index in [-0.39, 0.29) is 0 Å². The van der Waals surface area contributed by atoms with Crippen molar-refractivity contribution in [2.75, 3.05) is 0 Å². The Morgan fingerprint density at radius 2 is 2.11 bits per heavy atom. The first-order valence-corrected chi connectivity index (χ1v) is 6.75. The summed E-state index contributed by atoms with van der Waals surface area (Å²) in [4.78, 5) is 0. The second kappa shape index (κ2) is 4.65. The summed E-state index contributed by atoms with van der Waals surface area (Å²) >= 11 is 0. The molecule has 0 aliphatic heterocycles. The van der Waals surface area contributed by atoms with Gasteiger partial charge in [0.25, 0.3) is 0 Å². The number of rotatable bonds is 3. The summed E-state index contributed by atoms with van der Waals surface area (Å²) in [7, 11) is 2.02. The Bertz CT molecular complexity index is 553. The molecule has 0 bridgehead atoms. The number of phenolic OH excluding ortho intramolecular Hbond substituents is 1. The maximum Gasteiger partial charge on any atom is 0.139 e. The zero-order valence-electron chi connectivity index (χ0n) is 10.8. The quantitative estimate of drug-likeness (QED) is 0.871. The molecule has 3 heteroatoms. The molecule has 1 aromatic heterocycles. The Balaban J connectivity index is 1.83. The van der Waals surface area contributed by atoms with Crippen molar-refractivity contribution < 1.29 is 5.11 Å². The van der Waals surface area contributed by atoms with Gasteiger partial charge >= 0.3 is 0 Å². The molecule has 2 aromatic rings. The van der Waals surface area contributed by atoms with Crippen molar-refractivity contribution in [3.8, 4) is 5.75 Å². The number of hydrogen-bond acceptors (Lipinski definition) is 2. The smallest absolute Gasteiger partial charge is 0.139 e. The minimum atomic E-state index is 0.363. The lowest BCUT2D eigenvalue weighted by Gasteiger charge is -2.12. The molecule has 1 aliphatic rings. The van der Waals surface area contributed by atoms with Crippen LogP contribution < -0.4 is 5.32 Å². The lowest BCUT2D eigenvalue weighted by molar-refractivity contribution is 0.477. The number of aromatic hydroxyl groups is 1. The molecule has 1 aliphatic carbocycles. The summed E-state index contributed by atoms with van der Waals surface area (Å²) in [6, 6.07) is 8.53. The van der Waals surface area contributed by atoms with Crippen LogP contribution in [0.5, 0.6) is 5.75 Å². The van der Waals surface area contributed by atoms with Crippen LogP contribution in [0.2, 0.25) is 0 Å². The van der Waals surface area contributed by atoms with Gasteiger partial charge in [0, 0.05) is 30.7 Å². The number of nitrogens with zero attached hydrogens (tertiary/aromatic N) is 1. The number of phenols is 1. The Labute approximate surface area is 107 Å². The largest absolute Gasteiger partial charge is 0.506 e. The third-order valence-corrected chi connectivity index (χ3v) is 4.06. The highest BCUT2D eigenvalue weighted by Gasteiger charge is 2.15. The predicted molar refractivity (Wildman–Crippen MR) is 73.7 cm³/mol. The van der Waals surface area contributed by atoms with Crippen molar-refractivity contribution in [3.63, 3.8) is 0 Å². The number of para-hydroxylation sites is 1. The van der Waals surface area contributed by atoms with Gasteiger partial charge in [0.05, 0.1) is 5.52 Å². The van der Waals surface area contributed by atoms with E-state index < -0.39 is 0 Å². The number of aryl methyl sites for hydroxylation is 1. The van der Waals surface area contributed by atoms with Crippen LogP contribution in [0, 0.1) is 0 Å². The van der Waals surface area contributed by atoms with Gasteiger partial charge in [-0.15, -0.1) is 0 Å². The first-order chi connectivity index (χ1) is 8.75. The van der Waals surface area contributed by atoms with E-state index in [2.05, 4.69) is 16.0 Å². The van der Waals surface area contributed by atoms with Gasteiger partial charge in [-0.1, -0.05) is 25.0 Å². The van der Waals surface area contributed by atoms with Gasteiger partial charge in [-0.05, 0) is 25.0 Å². The van der Waals surface area contributed by atoms with Gasteiger partial charge in [-0.2, -0.15) is 0 Å². The van der Waals surface area contributed by atoms with Crippen molar-refractivity contribution in [2.45, 2.75) is 38.3 Å². The minimum Gasteiger partial charge on any atom is -0.506 e. The average molecular weight is 244 g/mol. The van der Waals surface area contributed by atoms with Gasteiger partial charge < -0.3 is 15.0 Å². The van der Waals surface area contributed by atoms with Gasteiger partial charge in [0.1, 0.15) is 5.75 Å². The van der Waals surface area contributed by atoms with Crippen LogP contribution in [-0.2, 0) is 13.6 Å². The lowest BCUT2D eigenvalue weighted by atomic mass is 10.2. The molecule has 2 N–H and O–H groups in total. The number of benzene rings is 1. The van der Waals surface area contributed by atoms with Gasteiger partial charge in [0.2, 0.25) is 0 Å². The van der Waals surface area contributed by atoms with Crippen molar-refractivity contribution >= 4 is 10.9 Å². The molecule has 0 unspecified atom stereocenters. The Morgan fingerprint density at radius 3 is 2.83 bits per heavy atom. The second-order valence-corrected chi connectivity index (χ2v) is 5.27. The number of hydrogen-bond donors (Lipinski definition) is 2. The zero-order valence-corrected chi connectivity index (χ0v) is 10.8. The normalized spacial score (nSPS) is 16.7. The molecule has 1 aromatic carbocycles. The zero-order chi connectivity index (χ0) is 12.5. The second-order valence-electron chi connectivity index (χ2n) is 5.27. The maximum absolute atomic E-state index is 9.90. The monoisotopic (exact) mass is 244 g/mol. The predicted octanol–water partition coefficient (Wildman–Crippen LogP) is 2.92. The van der Waals surface area contributed by atoms with E-state index in [1.54, 1.807) is 6.07 Å². The molecule has 1 saturated carbocycles. The highest BCUT2D eigenvalue weighted by molar-refractivity contribution is 5.86. The van der Waals surface area contributed by atoms with Gasteiger partial charge in [-0.25, -0.2) is 0 Å². The topological polar surface area (TPSA) is 37.2 Å². The third-order valence-electron chi connectivity index (χ3n) is 4.06. The standard InChI is InChI=1S/C15H20N2O/c1-17-13(10-16-12-6-2-3-7-12)9-11-5-4-8-14(18)15(11)17/h4-5,8-9,12,16,18H,2-3,6-7,10H2,1H3. The van der Waals surface area contributed by atoms with Gasteiger partial charge in [-0.3, -0.25) is 0 Å². The molecule has 3 nitrogen and oxygen atoms in total. The molecule has 1 heterocycles. The first kappa shape index (κ1) is 11.6. The van der Waals surface area contributed by atoms with E-state index in [9.17, 15) is 5.11 Å². The number of nitrogens with one attached hydrogen (secondary N) is 1. The van der Waals surface area contributed by atoms with Crippen LogP contribution in [0.15, 0.2) is 24.3 Å². The van der Waals surface area contributed by atoms with Crippen molar-refractivity contribution in [3.05, 3.63) is 30.0 Å². The van der Waals surface area contributed by atoms with E-state index in [1.165, 1.54) is 31.4 Å². The van der Waals surface area contributed by atoms with E-state index in [1.807, 2.05) is 19.2 Å². The molecular weight excluding hydrogens is 224 g/mol. The lowest BCUT2D eigenvalue weighted by Crippen LogP contribution is -2.26. The number of fused-ring (bicyclic) bond motifs is 1. The summed E-state index contributed by atoms with van der Waals surface area (Å²) in [5.74, 6) is 0.363. The van der Waals surface area contributed by atoms with Crippen LogP contribution in [-0.4, -0.2) is 15.7 Å². The molecule has 0 amide bonds. The van der Waals surface area contributed by atoms with E-state index in [0.29, 0.717) is 11.8 Å². The molecule has 0 atom stereocenters. The average Bonchev–Trinajstić information content (AvgIpc) is 2.96. The van der Waals surface area contributed by atoms with Crippen LogP contribution in [0.4, 0.5) is 0 Å². The van der Waals surface area contributed by atoms with E-state index >= 15 is 0 Å². The van der Waals surface area contributed by atoms with E-state index in [4.69, 9.17) is 0 Å². The fraction of sp³-hybridized carbons (Fsp3) is 0.467. The molecule has 18 heavy (non-hydrogen) atoms. The molecular formula is C15H20N2O. The summed E-state index contributed by atoms with van der Waals surface area (Å²) in [5.41, 5.74) is 2.17. The van der Waals surface area contributed by atoms with Crippen molar-refractivity contribution in [1.29, 1.82) is 0 Å². The Kier molecular flexibility index (Phi) is 3.00. The fourth-order valence-corrected chi connectivity index (χ4v) is 3.00. The van der Waals surface area contributed by atoms with Crippen LogP contribution >= 0.6 is 0 Å². The Hall–Kier alpha value is -1.48. The molecule has 3 rings (SSSR count). The van der Waals surface area contributed by atoms with Crippen LogP contribution in [0.1, 0.15) is 31.4 Å². The third kappa shape index (κ3) is 1.99. The van der Waals surface area contributed by atoms with Crippen molar-refractivity contribution in [1.82, 2.24) is 9.88 Å². The maximum atomic E-state index is 9.90. The van der Waals surface area contributed by atoms with Crippen LogP contribution in [0.3, 0.4) is 0 Å². The first-order valence-electron chi connectivity index (χ1n) is 6.75. The van der Waals surface area contributed by atoms with Gasteiger partial charge in [0.15, 0.2) is 0 Å². The molecule has 0 spiro atoms. The van der Waals surface area contributed by atoms with E-state index in [0.717, 1.165) is 17.4 Å². The molecule has 96 valence electrons.